The molecule has 0 aromatic carbocycles. The maximum Gasteiger partial charge on any atom is 0.0950 e. The molecule has 0 bridgehead atoms. The van der Waals surface area contributed by atoms with Crippen LogP contribution in [0.5, 0.6) is 0 Å². The lowest BCUT2D eigenvalue weighted by atomic mass is 9.82. The topological polar surface area (TPSA) is 45.4 Å². The lowest BCUT2D eigenvalue weighted by Crippen LogP contribution is -2.36. The lowest BCUT2D eigenvalue weighted by Gasteiger charge is -2.32. The van der Waals surface area contributed by atoms with Crippen molar-refractivity contribution in [2.45, 2.75) is 31.9 Å². The normalized spacial score (nSPS) is 28.4. The van der Waals surface area contributed by atoms with Crippen LogP contribution in [0.15, 0.2) is 23.0 Å². The van der Waals surface area contributed by atoms with Crippen molar-refractivity contribution in [2.24, 2.45) is 5.92 Å². The second kappa shape index (κ2) is 4.15. The Kier molecular flexibility index (Phi) is 2.89. The molecule has 1 fully saturated rings. The van der Waals surface area contributed by atoms with E-state index in [2.05, 4.69) is 12.2 Å². The van der Waals surface area contributed by atoms with Gasteiger partial charge in [-0.05, 0) is 38.3 Å². The summed E-state index contributed by atoms with van der Waals surface area (Å²) in [5.41, 5.74) is 1.19. The van der Waals surface area contributed by atoms with Gasteiger partial charge in [-0.2, -0.15) is 0 Å². The van der Waals surface area contributed by atoms with Crippen molar-refractivity contribution in [3.63, 3.8) is 0 Å². The molecule has 3 nitrogen and oxygen atoms in total. The predicted octanol–water partition coefficient (Wildman–Crippen LogP) is 1.70. The molecule has 0 spiro atoms. The minimum atomic E-state index is -0.0500. The maximum absolute atomic E-state index is 9.12. The van der Waals surface area contributed by atoms with E-state index in [1.165, 1.54) is 5.56 Å². The number of hydrogen-bond donors (Lipinski definition) is 2. The van der Waals surface area contributed by atoms with E-state index in [4.69, 9.17) is 9.52 Å². The molecule has 1 unspecified atom stereocenters. The highest BCUT2D eigenvalue weighted by Crippen LogP contribution is 2.27. The Hall–Kier alpha value is -0.800. The number of furan rings is 1. The average molecular weight is 195 g/mol. The number of rotatable bonds is 4. The quantitative estimate of drug-likeness (QED) is 0.768. The van der Waals surface area contributed by atoms with Gasteiger partial charge in [0, 0.05) is 11.6 Å². The third kappa shape index (κ3) is 2.16. The second-order valence-corrected chi connectivity index (χ2v) is 4.18. The third-order valence-corrected chi connectivity index (χ3v) is 2.97. The zero-order valence-corrected chi connectivity index (χ0v) is 8.44. The van der Waals surface area contributed by atoms with Crippen molar-refractivity contribution < 1.29 is 9.52 Å². The molecule has 0 saturated heterocycles. The van der Waals surface area contributed by atoms with Crippen LogP contribution in [0.4, 0.5) is 0 Å². The summed E-state index contributed by atoms with van der Waals surface area (Å²) in [6, 6.07) is 2.32. The van der Waals surface area contributed by atoms with Gasteiger partial charge < -0.3 is 14.8 Å². The molecule has 1 aromatic heterocycles. The molecule has 1 aromatic rings. The van der Waals surface area contributed by atoms with E-state index in [1.807, 2.05) is 6.07 Å². The van der Waals surface area contributed by atoms with E-state index in [0.717, 1.165) is 19.4 Å². The lowest BCUT2D eigenvalue weighted by molar-refractivity contribution is 0.0420. The Labute approximate surface area is 84.1 Å². The van der Waals surface area contributed by atoms with E-state index in [1.54, 1.807) is 12.5 Å². The van der Waals surface area contributed by atoms with E-state index < -0.39 is 0 Å². The number of nitrogens with one attached hydrogen (secondary N) is 1. The maximum atomic E-state index is 9.12. The van der Waals surface area contributed by atoms with Gasteiger partial charge in [-0.15, -0.1) is 0 Å². The molecular formula is C11H17NO2. The molecule has 2 N–H and O–H groups in total. The van der Waals surface area contributed by atoms with Gasteiger partial charge in [0.05, 0.1) is 18.6 Å². The van der Waals surface area contributed by atoms with Crippen LogP contribution >= 0.6 is 0 Å². The molecule has 1 atom stereocenters. The number of aliphatic hydroxyl groups is 1. The van der Waals surface area contributed by atoms with Crippen molar-refractivity contribution in [2.75, 3.05) is 6.54 Å². The van der Waals surface area contributed by atoms with Crippen LogP contribution in [0.3, 0.4) is 0 Å². The Morgan fingerprint density at radius 1 is 1.64 bits per heavy atom. The minimum absolute atomic E-state index is 0.0500. The number of aliphatic hydroxyl groups excluding tert-OH is 1. The van der Waals surface area contributed by atoms with E-state index in [-0.39, 0.29) is 6.10 Å². The molecule has 1 aliphatic carbocycles. The van der Waals surface area contributed by atoms with Gasteiger partial charge in [0.25, 0.3) is 0 Å². The summed E-state index contributed by atoms with van der Waals surface area (Å²) in [5.74, 6) is 0.652. The Morgan fingerprint density at radius 2 is 2.43 bits per heavy atom. The zero-order valence-electron chi connectivity index (χ0n) is 8.44. The van der Waals surface area contributed by atoms with Gasteiger partial charge in [0.2, 0.25) is 0 Å². The molecule has 14 heavy (non-hydrogen) atoms. The summed E-state index contributed by atoms with van der Waals surface area (Å²) in [6.07, 6.45) is 5.32. The van der Waals surface area contributed by atoms with Crippen LogP contribution < -0.4 is 5.32 Å². The molecular weight excluding hydrogens is 178 g/mol. The van der Waals surface area contributed by atoms with E-state index in [0.29, 0.717) is 12.0 Å². The fourth-order valence-electron chi connectivity index (χ4n) is 1.85. The summed E-state index contributed by atoms with van der Waals surface area (Å²) in [4.78, 5) is 0. The van der Waals surface area contributed by atoms with Crippen LogP contribution in [-0.2, 0) is 0 Å². The van der Waals surface area contributed by atoms with Gasteiger partial charge in [-0.3, -0.25) is 0 Å². The second-order valence-electron chi connectivity index (χ2n) is 4.18. The van der Waals surface area contributed by atoms with Crippen LogP contribution in [0, 0.1) is 5.92 Å². The van der Waals surface area contributed by atoms with Crippen LogP contribution in [0.1, 0.15) is 31.4 Å². The summed E-state index contributed by atoms with van der Waals surface area (Å²) in [5, 5.41) is 12.6. The molecule has 3 heteroatoms. The first kappa shape index (κ1) is 9.74. The minimum Gasteiger partial charge on any atom is -0.472 e. The van der Waals surface area contributed by atoms with Crippen LogP contribution in [-0.4, -0.2) is 17.8 Å². The summed E-state index contributed by atoms with van der Waals surface area (Å²) < 4.78 is 5.02. The molecule has 1 saturated carbocycles. The van der Waals surface area contributed by atoms with Gasteiger partial charge in [0.1, 0.15) is 0 Å². The average Bonchev–Trinajstić information content (AvgIpc) is 2.62. The van der Waals surface area contributed by atoms with Crippen molar-refractivity contribution in [3.05, 3.63) is 24.2 Å². The molecule has 0 aliphatic heterocycles. The molecule has 1 heterocycles. The van der Waals surface area contributed by atoms with E-state index >= 15 is 0 Å². The number of hydrogen-bond acceptors (Lipinski definition) is 3. The summed E-state index contributed by atoms with van der Waals surface area (Å²) >= 11 is 0. The first-order chi connectivity index (χ1) is 6.75. The molecule has 0 amide bonds. The standard InChI is InChI=1S/C11H17NO2/c1-8(10-2-3-14-7-10)12-6-9-4-11(13)5-9/h2-3,7-9,11-13H,4-6H2,1H3. The smallest absolute Gasteiger partial charge is 0.0950 e. The summed E-state index contributed by atoms with van der Waals surface area (Å²) in [6.45, 7) is 3.11. The van der Waals surface area contributed by atoms with Crippen LogP contribution in [0.2, 0.25) is 0 Å². The first-order valence-electron chi connectivity index (χ1n) is 5.19. The Morgan fingerprint density at radius 3 is 3.00 bits per heavy atom. The van der Waals surface area contributed by atoms with E-state index in [9.17, 15) is 0 Å². The van der Waals surface area contributed by atoms with Gasteiger partial charge in [-0.1, -0.05) is 0 Å². The van der Waals surface area contributed by atoms with Gasteiger partial charge >= 0.3 is 0 Å². The zero-order chi connectivity index (χ0) is 9.97. The Bertz CT molecular complexity index is 265. The highest BCUT2D eigenvalue weighted by molar-refractivity contribution is 5.10. The highest BCUT2D eigenvalue weighted by atomic mass is 16.3. The SMILES string of the molecule is CC(NCC1CC(O)C1)c1ccoc1. The Balaban J connectivity index is 1.71. The largest absolute Gasteiger partial charge is 0.472 e. The molecule has 0 radical (unpaired) electrons. The van der Waals surface area contributed by atoms with Crippen molar-refractivity contribution in [3.8, 4) is 0 Å². The fourth-order valence-corrected chi connectivity index (χ4v) is 1.85. The third-order valence-electron chi connectivity index (χ3n) is 2.97. The predicted molar refractivity (Wildman–Crippen MR) is 53.9 cm³/mol. The molecule has 1 aliphatic rings. The van der Waals surface area contributed by atoms with Crippen molar-refractivity contribution in [1.29, 1.82) is 0 Å². The monoisotopic (exact) mass is 195 g/mol. The molecule has 78 valence electrons. The first-order valence-corrected chi connectivity index (χ1v) is 5.19. The van der Waals surface area contributed by atoms with Gasteiger partial charge in [0.15, 0.2) is 0 Å². The van der Waals surface area contributed by atoms with Gasteiger partial charge in [-0.25, -0.2) is 0 Å². The highest BCUT2D eigenvalue weighted by Gasteiger charge is 2.26. The van der Waals surface area contributed by atoms with Crippen LogP contribution in [0.25, 0.3) is 0 Å². The van der Waals surface area contributed by atoms with Crippen molar-refractivity contribution >= 4 is 0 Å². The van der Waals surface area contributed by atoms with Crippen molar-refractivity contribution in [1.82, 2.24) is 5.32 Å². The molecule has 2 rings (SSSR count). The summed E-state index contributed by atoms with van der Waals surface area (Å²) in [7, 11) is 0. The fraction of sp³-hybridized carbons (Fsp3) is 0.636.